The van der Waals surface area contributed by atoms with Crippen molar-refractivity contribution >= 4 is 33.3 Å². The highest BCUT2D eigenvalue weighted by Crippen LogP contribution is 2.39. The molecule has 0 radical (unpaired) electrons. The molecule has 0 fully saturated rings. The average molecular weight is 332 g/mol. The van der Waals surface area contributed by atoms with Crippen molar-refractivity contribution in [3.63, 3.8) is 0 Å². The summed E-state index contributed by atoms with van der Waals surface area (Å²) in [5, 5.41) is -0.274. The van der Waals surface area contributed by atoms with Gasteiger partial charge in [-0.3, -0.25) is 4.79 Å². The fraction of sp³-hybridized carbons (Fsp3) is 0.300. The number of hydrogen-bond donors (Lipinski definition) is 0. The van der Waals surface area contributed by atoms with Gasteiger partial charge in [0.2, 0.25) is 0 Å². The summed E-state index contributed by atoms with van der Waals surface area (Å²) in [5.41, 5.74) is -1.01. The largest absolute Gasteiger partial charge is 0.496 e. The first kappa shape index (κ1) is 14.3. The molecule has 0 N–H and O–H groups in total. The van der Waals surface area contributed by atoms with Crippen LogP contribution in [0.1, 0.15) is 15.9 Å². The summed E-state index contributed by atoms with van der Waals surface area (Å²) < 4.78 is 42.4. The van der Waals surface area contributed by atoms with E-state index in [9.17, 15) is 18.0 Å². The Hall–Kier alpha value is -0.750. The predicted molar refractivity (Wildman–Crippen MR) is 61.1 cm³/mol. The number of carbonyl (C=O) groups excluding carboxylic acids is 1. The van der Waals surface area contributed by atoms with Crippen LogP contribution in [-0.2, 0) is 6.18 Å². The van der Waals surface area contributed by atoms with E-state index in [2.05, 4.69) is 20.7 Å². The highest BCUT2D eigenvalue weighted by molar-refractivity contribution is 9.09. The van der Waals surface area contributed by atoms with E-state index in [1.54, 1.807) is 0 Å². The molecule has 2 nitrogen and oxygen atoms in total. The molecular formula is C10H7BrClF3O2. The molecule has 7 heteroatoms. The van der Waals surface area contributed by atoms with E-state index in [-0.39, 0.29) is 15.9 Å². The highest BCUT2D eigenvalue weighted by Gasteiger charge is 2.35. The summed E-state index contributed by atoms with van der Waals surface area (Å²) in [6, 6.07) is 1.69. The lowest BCUT2D eigenvalue weighted by molar-refractivity contribution is -0.138. The number of rotatable bonds is 3. The Morgan fingerprint density at radius 2 is 2.06 bits per heavy atom. The first-order valence-corrected chi connectivity index (χ1v) is 5.85. The third kappa shape index (κ3) is 3.13. The molecule has 0 spiro atoms. The lowest BCUT2D eigenvalue weighted by Gasteiger charge is -2.14. The number of ether oxygens (including phenoxy) is 1. The molecule has 1 aromatic rings. The van der Waals surface area contributed by atoms with Crippen LogP contribution in [0.4, 0.5) is 13.2 Å². The zero-order chi connectivity index (χ0) is 13.2. The number of alkyl halides is 4. The van der Waals surface area contributed by atoms with E-state index in [4.69, 9.17) is 11.6 Å². The van der Waals surface area contributed by atoms with Crippen LogP contribution in [-0.4, -0.2) is 18.2 Å². The van der Waals surface area contributed by atoms with Gasteiger partial charge in [-0.2, -0.15) is 13.2 Å². The van der Waals surface area contributed by atoms with Gasteiger partial charge in [-0.25, -0.2) is 0 Å². The molecule has 0 saturated heterocycles. The smallest absolute Gasteiger partial charge is 0.420 e. The molecule has 0 amide bonds. The average Bonchev–Trinajstić information content (AvgIpc) is 2.26. The molecule has 0 heterocycles. The summed E-state index contributed by atoms with van der Waals surface area (Å²) in [6.45, 7) is 0. The van der Waals surface area contributed by atoms with Crippen LogP contribution >= 0.6 is 27.5 Å². The minimum absolute atomic E-state index is 0.00612. The lowest BCUT2D eigenvalue weighted by atomic mass is 10.1. The van der Waals surface area contributed by atoms with E-state index in [0.29, 0.717) is 6.07 Å². The van der Waals surface area contributed by atoms with Crippen LogP contribution in [0.15, 0.2) is 12.1 Å². The first-order valence-electron chi connectivity index (χ1n) is 4.35. The Labute approximate surface area is 109 Å². The zero-order valence-corrected chi connectivity index (χ0v) is 10.9. The maximum absolute atomic E-state index is 12.6. The molecule has 0 aliphatic carbocycles. The summed E-state index contributed by atoms with van der Waals surface area (Å²) in [7, 11) is 1.10. The molecule has 0 saturated carbocycles. The van der Waals surface area contributed by atoms with Gasteiger partial charge >= 0.3 is 6.18 Å². The number of carbonyl (C=O) groups is 1. The Morgan fingerprint density at radius 3 is 2.47 bits per heavy atom. The number of methoxy groups -OCH3 is 1. The number of ketones is 1. The highest BCUT2D eigenvalue weighted by atomic mass is 79.9. The molecule has 0 bridgehead atoms. The monoisotopic (exact) mass is 330 g/mol. The predicted octanol–water partition coefficient (Wildman–Crippen LogP) is 3.95. The summed E-state index contributed by atoms with van der Waals surface area (Å²) in [5.74, 6) is -0.840. The third-order valence-electron chi connectivity index (χ3n) is 2.02. The number of benzene rings is 1. The normalized spacial score (nSPS) is 11.4. The molecule has 0 aromatic heterocycles. The number of halogens is 5. The SMILES string of the molecule is COc1cc(C(=O)CBr)c(Cl)cc1C(F)(F)F. The van der Waals surface area contributed by atoms with Gasteiger partial charge < -0.3 is 4.74 Å². The van der Waals surface area contributed by atoms with E-state index in [1.807, 2.05) is 0 Å². The van der Waals surface area contributed by atoms with Gasteiger partial charge in [-0.1, -0.05) is 27.5 Å². The second-order valence-corrected chi connectivity index (χ2v) is 4.05. The molecule has 0 aliphatic rings. The van der Waals surface area contributed by atoms with E-state index >= 15 is 0 Å². The summed E-state index contributed by atoms with van der Waals surface area (Å²) >= 11 is 8.56. The van der Waals surface area contributed by atoms with Crippen molar-refractivity contribution in [2.24, 2.45) is 0 Å². The second kappa shape index (κ2) is 5.27. The topological polar surface area (TPSA) is 26.3 Å². The van der Waals surface area contributed by atoms with E-state index in [0.717, 1.165) is 13.2 Å². The minimum Gasteiger partial charge on any atom is -0.496 e. The summed E-state index contributed by atoms with van der Waals surface area (Å²) in [6.07, 6.45) is -4.58. The quantitative estimate of drug-likeness (QED) is 0.619. The molecule has 17 heavy (non-hydrogen) atoms. The Kier molecular flexibility index (Phi) is 4.43. The Morgan fingerprint density at radius 1 is 1.47 bits per heavy atom. The van der Waals surface area contributed by atoms with Gasteiger partial charge in [0, 0.05) is 5.56 Å². The zero-order valence-electron chi connectivity index (χ0n) is 8.57. The first-order chi connectivity index (χ1) is 7.81. The van der Waals surface area contributed by atoms with Crippen molar-refractivity contribution in [1.29, 1.82) is 0 Å². The lowest BCUT2D eigenvalue weighted by Crippen LogP contribution is -2.10. The van der Waals surface area contributed by atoms with Crippen LogP contribution < -0.4 is 4.74 Å². The van der Waals surface area contributed by atoms with Gasteiger partial charge in [0.25, 0.3) is 0 Å². The van der Waals surface area contributed by atoms with Crippen LogP contribution in [0.5, 0.6) is 5.75 Å². The Balaban J connectivity index is 3.40. The van der Waals surface area contributed by atoms with Crippen molar-refractivity contribution in [3.05, 3.63) is 28.3 Å². The van der Waals surface area contributed by atoms with Gasteiger partial charge in [-0.15, -0.1) is 0 Å². The van der Waals surface area contributed by atoms with Crippen LogP contribution in [0.3, 0.4) is 0 Å². The molecule has 0 unspecified atom stereocenters. The molecule has 1 aromatic carbocycles. The van der Waals surface area contributed by atoms with Crippen LogP contribution in [0.25, 0.3) is 0 Å². The van der Waals surface area contributed by atoms with E-state index < -0.39 is 23.3 Å². The fourth-order valence-electron chi connectivity index (χ4n) is 1.23. The molecule has 0 aliphatic heterocycles. The molecule has 1 rings (SSSR count). The van der Waals surface area contributed by atoms with Gasteiger partial charge in [0.05, 0.1) is 23.0 Å². The maximum Gasteiger partial charge on any atom is 0.420 e. The molecule has 94 valence electrons. The summed E-state index contributed by atoms with van der Waals surface area (Å²) in [4.78, 5) is 11.4. The van der Waals surface area contributed by atoms with Crippen molar-refractivity contribution in [3.8, 4) is 5.75 Å². The number of Topliss-reactive ketones (excluding diaryl/α,β-unsaturated/α-hetero) is 1. The minimum atomic E-state index is -4.58. The van der Waals surface area contributed by atoms with Crippen molar-refractivity contribution in [2.75, 3.05) is 12.4 Å². The van der Waals surface area contributed by atoms with Crippen molar-refractivity contribution < 1.29 is 22.7 Å². The van der Waals surface area contributed by atoms with Crippen molar-refractivity contribution in [1.82, 2.24) is 0 Å². The molecular weight excluding hydrogens is 324 g/mol. The van der Waals surface area contributed by atoms with Crippen LogP contribution in [0.2, 0.25) is 5.02 Å². The van der Waals surface area contributed by atoms with E-state index in [1.165, 1.54) is 0 Å². The standard InChI is InChI=1S/C10H7BrClF3O2/c1-17-9-2-5(8(16)4-11)7(12)3-6(9)10(13,14)15/h2-3H,4H2,1H3. The van der Waals surface area contributed by atoms with Crippen molar-refractivity contribution in [2.45, 2.75) is 6.18 Å². The van der Waals surface area contributed by atoms with Crippen LogP contribution in [0, 0.1) is 0 Å². The number of hydrogen-bond acceptors (Lipinski definition) is 2. The molecule has 0 atom stereocenters. The van der Waals surface area contributed by atoms with Gasteiger partial charge in [0.15, 0.2) is 5.78 Å². The Bertz CT molecular complexity index is 446. The fourth-order valence-corrected chi connectivity index (χ4v) is 1.80. The van der Waals surface area contributed by atoms with Gasteiger partial charge in [-0.05, 0) is 12.1 Å². The van der Waals surface area contributed by atoms with Gasteiger partial charge in [0.1, 0.15) is 5.75 Å². The third-order valence-corrected chi connectivity index (χ3v) is 2.84. The maximum atomic E-state index is 12.6. The second-order valence-electron chi connectivity index (χ2n) is 3.09.